The molecular weight excluding hydrogens is 202 g/mol. The molecular formula is C11H21N5. The van der Waals surface area contributed by atoms with Gasteiger partial charge in [0.2, 0.25) is 5.95 Å². The molecule has 5 heteroatoms. The molecule has 0 spiro atoms. The largest absolute Gasteiger partial charge is 0.369 e. The molecule has 5 nitrogen and oxygen atoms in total. The molecule has 0 aliphatic carbocycles. The van der Waals surface area contributed by atoms with Crippen LogP contribution in [0, 0.1) is 0 Å². The van der Waals surface area contributed by atoms with E-state index < -0.39 is 0 Å². The van der Waals surface area contributed by atoms with Crippen molar-refractivity contribution in [2.75, 3.05) is 37.2 Å². The number of nitrogens with one attached hydrogen (secondary N) is 1. The van der Waals surface area contributed by atoms with Gasteiger partial charge in [0.15, 0.2) is 0 Å². The average molecular weight is 223 g/mol. The standard InChI is InChI=1S/C11H21N5/c1-3-8-16(4-2)9-7-13-10-5-6-14-11(12)15-10/h5-6H,3-4,7-9H2,1-2H3,(H3,12,13,14,15). The highest BCUT2D eigenvalue weighted by Gasteiger charge is 2.00. The molecule has 0 bridgehead atoms. The van der Waals surface area contributed by atoms with Gasteiger partial charge in [-0.3, -0.25) is 0 Å². The summed E-state index contributed by atoms with van der Waals surface area (Å²) in [7, 11) is 0. The van der Waals surface area contributed by atoms with Crippen LogP contribution in [0.15, 0.2) is 12.3 Å². The summed E-state index contributed by atoms with van der Waals surface area (Å²) in [6.07, 6.45) is 2.85. The zero-order valence-corrected chi connectivity index (χ0v) is 10.1. The molecule has 0 amide bonds. The number of hydrogen-bond donors (Lipinski definition) is 2. The molecule has 0 saturated heterocycles. The van der Waals surface area contributed by atoms with E-state index in [-0.39, 0.29) is 0 Å². The van der Waals surface area contributed by atoms with Crippen molar-refractivity contribution in [3.63, 3.8) is 0 Å². The molecule has 16 heavy (non-hydrogen) atoms. The minimum absolute atomic E-state index is 0.311. The molecule has 0 aliphatic rings. The summed E-state index contributed by atoms with van der Waals surface area (Å²) in [5.74, 6) is 1.10. The van der Waals surface area contributed by atoms with Crippen LogP contribution in [-0.2, 0) is 0 Å². The van der Waals surface area contributed by atoms with Crippen LogP contribution in [0.5, 0.6) is 0 Å². The van der Waals surface area contributed by atoms with Gasteiger partial charge in [0.05, 0.1) is 0 Å². The van der Waals surface area contributed by atoms with E-state index in [1.165, 1.54) is 6.42 Å². The Kier molecular flexibility index (Phi) is 5.56. The number of nitrogen functional groups attached to an aromatic ring is 1. The Morgan fingerprint density at radius 1 is 1.38 bits per heavy atom. The van der Waals surface area contributed by atoms with Gasteiger partial charge in [0.1, 0.15) is 5.82 Å². The van der Waals surface area contributed by atoms with Crippen LogP contribution in [-0.4, -0.2) is 41.0 Å². The fraction of sp³-hybridized carbons (Fsp3) is 0.636. The normalized spacial score (nSPS) is 10.7. The van der Waals surface area contributed by atoms with Gasteiger partial charge in [0, 0.05) is 19.3 Å². The van der Waals surface area contributed by atoms with Gasteiger partial charge in [-0.25, -0.2) is 4.98 Å². The van der Waals surface area contributed by atoms with Crippen molar-refractivity contribution in [2.24, 2.45) is 0 Å². The smallest absolute Gasteiger partial charge is 0.221 e. The third-order valence-corrected chi connectivity index (χ3v) is 2.40. The summed E-state index contributed by atoms with van der Waals surface area (Å²) in [4.78, 5) is 10.3. The van der Waals surface area contributed by atoms with Crippen molar-refractivity contribution in [3.8, 4) is 0 Å². The molecule has 1 rings (SSSR count). The second-order valence-corrected chi connectivity index (χ2v) is 3.66. The third kappa shape index (κ3) is 4.44. The highest BCUT2D eigenvalue weighted by atomic mass is 15.1. The third-order valence-electron chi connectivity index (χ3n) is 2.40. The maximum atomic E-state index is 5.49. The Labute approximate surface area is 97.1 Å². The molecule has 0 aromatic carbocycles. The Morgan fingerprint density at radius 2 is 2.19 bits per heavy atom. The maximum Gasteiger partial charge on any atom is 0.221 e. The first kappa shape index (κ1) is 12.7. The minimum atomic E-state index is 0.311. The van der Waals surface area contributed by atoms with Crippen LogP contribution in [0.3, 0.4) is 0 Å². The number of likely N-dealkylation sites (N-methyl/N-ethyl adjacent to an activating group) is 1. The van der Waals surface area contributed by atoms with Crippen molar-refractivity contribution >= 4 is 11.8 Å². The topological polar surface area (TPSA) is 67.1 Å². The molecule has 1 aromatic rings. The van der Waals surface area contributed by atoms with Crippen molar-refractivity contribution in [1.82, 2.24) is 14.9 Å². The predicted octanol–water partition coefficient (Wildman–Crippen LogP) is 1.20. The monoisotopic (exact) mass is 223 g/mol. The molecule has 1 aromatic heterocycles. The van der Waals surface area contributed by atoms with E-state index in [2.05, 4.69) is 34.0 Å². The molecule has 0 saturated carbocycles. The van der Waals surface area contributed by atoms with E-state index in [4.69, 9.17) is 5.73 Å². The summed E-state index contributed by atoms with van der Waals surface area (Å²) >= 11 is 0. The number of hydrogen-bond acceptors (Lipinski definition) is 5. The zero-order valence-electron chi connectivity index (χ0n) is 10.1. The Bertz CT molecular complexity index is 302. The number of nitrogens with two attached hydrogens (primary N) is 1. The van der Waals surface area contributed by atoms with Crippen molar-refractivity contribution in [3.05, 3.63) is 12.3 Å². The molecule has 0 fully saturated rings. The lowest BCUT2D eigenvalue weighted by Gasteiger charge is -2.19. The van der Waals surface area contributed by atoms with Crippen LogP contribution in [0.2, 0.25) is 0 Å². The Balaban J connectivity index is 2.29. The first-order valence-electron chi connectivity index (χ1n) is 5.81. The van der Waals surface area contributed by atoms with Gasteiger partial charge >= 0.3 is 0 Å². The van der Waals surface area contributed by atoms with Crippen molar-refractivity contribution < 1.29 is 0 Å². The van der Waals surface area contributed by atoms with Crippen molar-refractivity contribution in [2.45, 2.75) is 20.3 Å². The predicted molar refractivity (Wildman–Crippen MR) is 67.3 cm³/mol. The van der Waals surface area contributed by atoms with E-state index in [0.717, 1.165) is 32.0 Å². The van der Waals surface area contributed by atoms with Crippen LogP contribution >= 0.6 is 0 Å². The van der Waals surface area contributed by atoms with Crippen LogP contribution in [0.1, 0.15) is 20.3 Å². The summed E-state index contributed by atoms with van der Waals surface area (Å²) in [6.45, 7) is 8.50. The maximum absolute atomic E-state index is 5.49. The second-order valence-electron chi connectivity index (χ2n) is 3.66. The fourth-order valence-electron chi connectivity index (χ4n) is 1.56. The number of rotatable bonds is 7. The SMILES string of the molecule is CCCN(CC)CCNc1ccnc(N)n1. The molecule has 90 valence electrons. The van der Waals surface area contributed by atoms with Gasteiger partial charge in [0.25, 0.3) is 0 Å². The Hall–Kier alpha value is -1.36. The number of nitrogens with zero attached hydrogens (tertiary/aromatic N) is 3. The lowest BCUT2D eigenvalue weighted by atomic mass is 10.4. The first-order valence-corrected chi connectivity index (χ1v) is 5.81. The van der Waals surface area contributed by atoms with Gasteiger partial charge in [-0.05, 0) is 25.6 Å². The number of aromatic nitrogens is 2. The highest BCUT2D eigenvalue weighted by Crippen LogP contribution is 2.02. The lowest BCUT2D eigenvalue weighted by Crippen LogP contribution is -2.29. The minimum Gasteiger partial charge on any atom is -0.369 e. The molecule has 1 heterocycles. The Morgan fingerprint density at radius 3 is 2.81 bits per heavy atom. The van der Waals surface area contributed by atoms with Gasteiger partial charge in [-0.1, -0.05) is 13.8 Å². The molecule has 0 unspecified atom stereocenters. The fourth-order valence-corrected chi connectivity index (χ4v) is 1.56. The van der Waals surface area contributed by atoms with E-state index in [0.29, 0.717) is 5.95 Å². The van der Waals surface area contributed by atoms with Crippen LogP contribution in [0.25, 0.3) is 0 Å². The van der Waals surface area contributed by atoms with Gasteiger partial charge in [-0.2, -0.15) is 4.98 Å². The molecule has 3 N–H and O–H groups in total. The van der Waals surface area contributed by atoms with Crippen LogP contribution in [0.4, 0.5) is 11.8 Å². The average Bonchev–Trinajstić information content (AvgIpc) is 2.28. The second kappa shape index (κ2) is 7.00. The molecule has 0 atom stereocenters. The van der Waals surface area contributed by atoms with Gasteiger partial charge in [-0.15, -0.1) is 0 Å². The highest BCUT2D eigenvalue weighted by molar-refractivity contribution is 5.37. The summed E-state index contributed by atoms with van der Waals surface area (Å²) in [5.41, 5.74) is 5.49. The number of anilines is 2. The summed E-state index contributed by atoms with van der Waals surface area (Å²) in [6, 6.07) is 1.83. The quantitative estimate of drug-likeness (QED) is 0.727. The van der Waals surface area contributed by atoms with E-state index in [1.54, 1.807) is 6.20 Å². The molecule has 0 aliphatic heterocycles. The molecule has 0 radical (unpaired) electrons. The first-order chi connectivity index (χ1) is 7.76. The van der Waals surface area contributed by atoms with Crippen LogP contribution < -0.4 is 11.1 Å². The van der Waals surface area contributed by atoms with Crippen molar-refractivity contribution in [1.29, 1.82) is 0 Å². The summed E-state index contributed by atoms with van der Waals surface area (Å²) < 4.78 is 0. The lowest BCUT2D eigenvalue weighted by molar-refractivity contribution is 0.300. The van der Waals surface area contributed by atoms with E-state index >= 15 is 0 Å². The zero-order chi connectivity index (χ0) is 11.8. The van der Waals surface area contributed by atoms with E-state index in [9.17, 15) is 0 Å². The summed E-state index contributed by atoms with van der Waals surface area (Å²) in [5, 5.41) is 3.24. The van der Waals surface area contributed by atoms with E-state index in [1.807, 2.05) is 6.07 Å². The van der Waals surface area contributed by atoms with Gasteiger partial charge < -0.3 is 16.0 Å².